The fourth-order valence-electron chi connectivity index (χ4n) is 7.98. The molecule has 0 aromatic heterocycles. The second kappa shape index (κ2) is 10.5. The molecule has 2 aliphatic heterocycles. The molecule has 0 radical (unpaired) electrons. The van der Waals surface area contributed by atoms with Crippen LogP contribution >= 0.6 is 11.6 Å². The van der Waals surface area contributed by atoms with Crippen LogP contribution in [0.2, 0.25) is 5.02 Å². The number of likely N-dealkylation sites (tertiary alicyclic amines) is 1. The average Bonchev–Trinajstić information content (AvgIpc) is 3.41. The highest BCUT2D eigenvalue weighted by Gasteiger charge is 2.71. The van der Waals surface area contributed by atoms with Gasteiger partial charge >= 0.3 is 6.03 Å². The van der Waals surface area contributed by atoms with Gasteiger partial charge in [0.25, 0.3) is 11.8 Å². The van der Waals surface area contributed by atoms with E-state index in [1.54, 1.807) is 30.3 Å². The predicted molar refractivity (Wildman–Crippen MR) is 159 cm³/mol. The first-order valence-electron chi connectivity index (χ1n) is 14.5. The molecule has 6 unspecified atom stereocenters. The summed E-state index contributed by atoms with van der Waals surface area (Å²) in [5, 5.41) is 12.3. The second-order valence-corrected chi connectivity index (χ2v) is 12.3. The quantitative estimate of drug-likeness (QED) is 0.281. The van der Waals surface area contributed by atoms with Gasteiger partial charge in [0.15, 0.2) is 11.6 Å². The van der Waals surface area contributed by atoms with Crippen molar-refractivity contribution in [1.82, 2.24) is 9.91 Å². The Hall–Kier alpha value is -5.10. The maximum Gasteiger partial charge on any atom is 0.328 e. The van der Waals surface area contributed by atoms with E-state index in [0.717, 1.165) is 23.2 Å². The van der Waals surface area contributed by atoms with E-state index in [2.05, 4.69) is 5.43 Å². The molecule has 4 N–H and O–H groups in total. The Morgan fingerprint density at radius 1 is 0.935 bits per heavy atom. The highest BCUT2D eigenvalue weighted by molar-refractivity contribution is 6.30. The zero-order valence-electron chi connectivity index (χ0n) is 23.8. The zero-order valence-corrected chi connectivity index (χ0v) is 24.6. The highest BCUT2D eigenvalue weighted by atomic mass is 35.5. The van der Waals surface area contributed by atoms with Crippen LogP contribution in [0.5, 0.6) is 5.75 Å². The van der Waals surface area contributed by atoms with E-state index >= 15 is 4.39 Å². The number of para-hydroxylation sites is 1. The molecule has 0 bridgehead atoms. The molecule has 13 heteroatoms. The number of fused-ring (bicyclic) bond motifs is 4. The lowest BCUT2D eigenvalue weighted by molar-refractivity contribution is -0.139. The number of rotatable bonds is 4. The maximum absolute atomic E-state index is 15.1. The summed E-state index contributed by atoms with van der Waals surface area (Å²) in [5.74, 6) is -10.6. The molecule has 234 valence electrons. The van der Waals surface area contributed by atoms with Crippen LogP contribution in [0.15, 0.2) is 78.4 Å². The molecule has 2 aliphatic carbocycles. The summed E-state index contributed by atoms with van der Waals surface area (Å²) in [7, 11) is 0. The van der Waals surface area contributed by atoms with E-state index in [1.807, 2.05) is 0 Å². The zero-order chi connectivity index (χ0) is 32.7. The van der Waals surface area contributed by atoms with Gasteiger partial charge in [-0.3, -0.25) is 24.6 Å². The average molecular weight is 647 g/mol. The van der Waals surface area contributed by atoms with E-state index < -0.39 is 82.0 Å². The minimum Gasteiger partial charge on any atom is -0.505 e. The van der Waals surface area contributed by atoms with Gasteiger partial charge in [0, 0.05) is 16.5 Å². The van der Waals surface area contributed by atoms with Gasteiger partial charge < -0.3 is 10.8 Å². The van der Waals surface area contributed by atoms with Gasteiger partial charge in [0.05, 0.1) is 28.9 Å². The molecule has 0 spiro atoms. The van der Waals surface area contributed by atoms with Crippen LogP contribution < -0.4 is 11.2 Å². The first-order chi connectivity index (χ1) is 22.0. The summed E-state index contributed by atoms with van der Waals surface area (Å²) < 4.78 is 28.8. The monoisotopic (exact) mass is 646 g/mol. The molecule has 3 aromatic rings. The van der Waals surface area contributed by atoms with Crippen molar-refractivity contribution in [3.8, 4) is 5.75 Å². The molecule has 46 heavy (non-hydrogen) atoms. The number of nitrogens with zero attached hydrogens (tertiary/aromatic N) is 2. The molecule has 3 aromatic carbocycles. The topological polar surface area (TPSA) is 150 Å². The fourth-order valence-corrected chi connectivity index (χ4v) is 8.11. The lowest BCUT2D eigenvalue weighted by Crippen LogP contribution is -2.53. The molecule has 2 heterocycles. The normalized spacial score (nSPS) is 28.5. The lowest BCUT2D eigenvalue weighted by Gasteiger charge is -2.50. The molecular weight excluding hydrogens is 622 g/mol. The number of halogens is 3. The first kappa shape index (κ1) is 29.6. The fraction of sp³-hybridized carbons (Fsp3) is 0.242. The van der Waals surface area contributed by atoms with Gasteiger partial charge in [-0.1, -0.05) is 47.5 Å². The van der Waals surface area contributed by atoms with Gasteiger partial charge in [0.1, 0.15) is 5.82 Å². The van der Waals surface area contributed by atoms with Crippen molar-refractivity contribution in [2.75, 3.05) is 5.43 Å². The van der Waals surface area contributed by atoms with Crippen molar-refractivity contribution in [3.63, 3.8) is 0 Å². The van der Waals surface area contributed by atoms with Crippen molar-refractivity contribution >= 4 is 46.9 Å². The number of primary amides is 1. The molecule has 7 rings (SSSR count). The van der Waals surface area contributed by atoms with Crippen LogP contribution in [0, 0.1) is 35.3 Å². The van der Waals surface area contributed by atoms with Crippen molar-refractivity contribution in [1.29, 1.82) is 0 Å². The Morgan fingerprint density at radius 3 is 2.30 bits per heavy atom. The Balaban J connectivity index is 1.48. The van der Waals surface area contributed by atoms with Crippen molar-refractivity contribution in [2.45, 2.75) is 24.2 Å². The van der Waals surface area contributed by atoms with Crippen LogP contribution in [0.4, 0.5) is 19.3 Å². The summed E-state index contributed by atoms with van der Waals surface area (Å²) in [6, 6.07) is 13.9. The van der Waals surface area contributed by atoms with Crippen LogP contribution in [0.25, 0.3) is 0 Å². The van der Waals surface area contributed by atoms with Crippen LogP contribution in [0.3, 0.4) is 0 Å². The Labute approximate surface area is 265 Å². The number of amides is 6. The summed E-state index contributed by atoms with van der Waals surface area (Å²) in [6.45, 7) is 0. The molecular formula is C33H25ClF2N4O6. The van der Waals surface area contributed by atoms with E-state index in [4.69, 9.17) is 17.3 Å². The molecule has 2 saturated heterocycles. The minimum atomic E-state index is -1.80. The van der Waals surface area contributed by atoms with Crippen LogP contribution in [-0.4, -0.2) is 44.7 Å². The summed E-state index contributed by atoms with van der Waals surface area (Å²) in [5.41, 5.74) is 7.37. The number of benzene rings is 3. The standard InChI is InChI=1S/C33H25ClF2N4O6/c34-16-6-4-15(5-7-16)33-23(29(43)40(31(33)45)38-18-10-8-17(35)9-11-18)14-22-19(26(33)21-2-1-3-24(36)27(21)41)12-13-20-25(22)30(44)39(28(20)42)32(37)46/h1-12,20,22-23,25-26,38,41H,13-14H2,(H2,37,46). The maximum atomic E-state index is 15.1. The molecule has 3 fully saturated rings. The van der Waals surface area contributed by atoms with Crippen molar-refractivity contribution in [3.05, 3.63) is 106 Å². The van der Waals surface area contributed by atoms with Gasteiger partial charge in [0.2, 0.25) is 11.8 Å². The van der Waals surface area contributed by atoms with Gasteiger partial charge in [-0.2, -0.15) is 9.91 Å². The third-order valence-electron chi connectivity index (χ3n) is 9.81. The SMILES string of the molecule is NC(=O)N1C(=O)C2CC=C3C(CC4C(=O)N(Nc5ccc(F)cc5)C(=O)C4(c4ccc(Cl)cc4)C3c3cccc(F)c3O)C2C1=O. The minimum absolute atomic E-state index is 0.00151. The Kier molecular flexibility index (Phi) is 6.74. The number of imide groups is 4. The highest BCUT2D eigenvalue weighted by Crippen LogP contribution is 2.65. The number of nitrogens with two attached hydrogens (primary N) is 1. The first-order valence-corrected chi connectivity index (χ1v) is 14.9. The number of allylic oxidation sites excluding steroid dienone is 2. The number of hydrazine groups is 1. The van der Waals surface area contributed by atoms with Crippen LogP contribution in [0.1, 0.15) is 29.9 Å². The number of carbonyl (C=O) groups is 5. The number of hydrogen-bond acceptors (Lipinski definition) is 7. The van der Waals surface area contributed by atoms with Crippen LogP contribution in [-0.2, 0) is 24.6 Å². The smallest absolute Gasteiger partial charge is 0.328 e. The number of carbonyl (C=O) groups excluding carboxylic acids is 5. The number of phenolic OH excluding ortho intramolecular Hbond substituents is 1. The number of anilines is 1. The Bertz CT molecular complexity index is 1880. The predicted octanol–water partition coefficient (Wildman–Crippen LogP) is 4.39. The second-order valence-electron chi connectivity index (χ2n) is 11.9. The third kappa shape index (κ3) is 4.02. The number of aromatic hydroxyl groups is 1. The number of nitrogens with one attached hydrogen (secondary N) is 1. The van der Waals surface area contributed by atoms with E-state index in [9.17, 15) is 33.5 Å². The molecule has 1 saturated carbocycles. The van der Waals surface area contributed by atoms with Gasteiger partial charge in [-0.25, -0.2) is 13.6 Å². The third-order valence-corrected chi connectivity index (χ3v) is 10.1. The van der Waals surface area contributed by atoms with Crippen molar-refractivity contribution in [2.24, 2.45) is 29.4 Å². The van der Waals surface area contributed by atoms with E-state index in [0.29, 0.717) is 21.1 Å². The number of hydrogen-bond donors (Lipinski definition) is 3. The van der Waals surface area contributed by atoms with Gasteiger partial charge in [-0.15, -0.1) is 0 Å². The molecule has 6 amide bonds. The largest absolute Gasteiger partial charge is 0.505 e. The van der Waals surface area contributed by atoms with Crippen molar-refractivity contribution < 1.29 is 37.9 Å². The molecule has 6 atom stereocenters. The summed E-state index contributed by atoms with van der Waals surface area (Å²) in [6.07, 6.45) is 1.57. The lowest BCUT2D eigenvalue weighted by atomic mass is 9.49. The summed E-state index contributed by atoms with van der Waals surface area (Å²) >= 11 is 6.23. The Morgan fingerprint density at radius 2 is 1.63 bits per heavy atom. The summed E-state index contributed by atoms with van der Waals surface area (Å²) in [4.78, 5) is 68.7. The molecule has 4 aliphatic rings. The van der Waals surface area contributed by atoms with Gasteiger partial charge in [-0.05, 0) is 66.8 Å². The van der Waals surface area contributed by atoms with E-state index in [1.165, 1.54) is 24.3 Å². The number of phenols is 1. The molecule has 10 nitrogen and oxygen atoms in total. The van der Waals surface area contributed by atoms with E-state index in [-0.39, 0.29) is 24.1 Å². The number of urea groups is 1.